The summed E-state index contributed by atoms with van der Waals surface area (Å²) in [6.07, 6.45) is -7.15. The van der Waals surface area contributed by atoms with Gasteiger partial charge in [-0.05, 0) is 12.5 Å². The van der Waals surface area contributed by atoms with Crippen LogP contribution in [-0.4, -0.2) is 28.6 Å². The van der Waals surface area contributed by atoms with Gasteiger partial charge in [-0.1, -0.05) is 6.07 Å². The summed E-state index contributed by atoms with van der Waals surface area (Å²) in [5.41, 5.74) is 5.53. The van der Waals surface area contributed by atoms with Crippen molar-refractivity contribution in [3.8, 4) is 5.75 Å². The van der Waals surface area contributed by atoms with E-state index in [2.05, 4.69) is 4.74 Å². The van der Waals surface area contributed by atoms with Crippen LogP contribution in [0.2, 0.25) is 0 Å². The number of aliphatic hydroxyl groups is 2. The van der Waals surface area contributed by atoms with Crippen LogP contribution in [0, 0.1) is 0 Å². The fourth-order valence-corrected chi connectivity index (χ4v) is 1.72. The first-order chi connectivity index (χ1) is 8.74. The van der Waals surface area contributed by atoms with Crippen molar-refractivity contribution in [1.82, 2.24) is 0 Å². The largest absolute Gasteiger partial charge is 0.573 e. The normalized spacial score (nSPS) is 15.1. The lowest BCUT2D eigenvalue weighted by atomic mass is 10.0. The Bertz CT molecular complexity index is 428. The van der Waals surface area contributed by atoms with Crippen LogP contribution in [0.5, 0.6) is 5.75 Å². The van der Waals surface area contributed by atoms with E-state index < -0.39 is 24.3 Å². The van der Waals surface area contributed by atoms with E-state index in [-0.39, 0.29) is 23.6 Å². The summed E-state index contributed by atoms with van der Waals surface area (Å²) in [5.74, 6) is -0.360. The molecule has 0 saturated carbocycles. The minimum atomic E-state index is -4.81. The van der Waals surface area contributed by atoms with Gasteiger partial charge in [0.05, 0.1) is 6.10 Å². The minimum absolute atomic E-state index is 0.108. The van der Waals surface area contributed by atoms with Crippen molar-refractivity contribution in [1.29, 1.82) is 0 Å². The standard InChI is InChI=1S/C11H13ClF3NO3/c12-4-3-9(17)10(18)7-2-1-6(5-8(7)16)19-11(13,14)15/h1-2,5,9-10,17-18H,3-4,16H2. The Hall–Kier alpha value is -1.18. The van der Waals surface area contributed by atoms with Crippen LogP contribution in [0.1, 0.15) is 18.1 Å². The predicted molar refractivity (Wildman–Crippen MR) is 63.8 cm³/mol. The van der Waals surface area contributed by atoms with Crippen LogP contribution in [0.3, 0.4) is 0 Å². The van der Waals surface area contributed by atoms with E-state index in [1.165, 1.54) is 6.07 Å². The zero-order valence-corrected chi connectivity index (χ0v) is 10.4. The molecule has 0 bridgehead atoms. The van der Waals surface area contributed by atoms with Crippen molar-refractivity contribution < 1.29 is 28.1 Å². The van der Waals surface area contributed by atoms with Crippen molar-refractivity contribution in [2.75, 3.05) is 11.6 Å². The number of nitrogens with two attached hydrogens (primary N) is 1. The van der Waals surface area contributed by atoms with Crippen LogP contribution in [0.4, 0.5) is 18.9 Å². The molecule has 0 radical (unpaired) electrons. The molecular formula is C11H13ClF3NO3. The van der Waals surface area contributed by atoms with Gasteiger partial charge in [-0.15, -0.1) is 24.8 Å². The Morgan fingerprint density at radius 1 is 1.32 bits per heavy atom. The molecule has 0 spiro atoms. The van der Waals surface area contributed by atoms with Gasteiger partial charge in [0.25, 0.3) is 0 Å². The molecule has 4 nitrogen and oxygen atoms in total. The fourth-order valence-electron chi connectivity index (χ4n) is 1.50. The molecule has 2 unspecified atom stereocenters. The highest BCUT2D eigenvalue weighted by atomic mass is 35.5. The van der Waals surface area contributed by atoms with E-state index in [0.29, 0.717) is 0 Å². The number of rotatable bonds is 5. The van der Waals surface area contributed by atoms with E-state index in [0.717, 1.165) is 12.1 Å². The summed E-state index contributed by atoms with van der Waals surface area (Å²) in [5, 5.41) is 19.3. The third kappa shape index (κ3) is 4.77. The highest BCUT2D eigenvalue weighted by Crippen LogP contribution is 2.30. The second-order valence-electron chi connectivity index (χ2n) is 3.83. The van der Waals surface area contributed by atoms with Crippen molar-refractivity contribution in [3.05, 3.63) is 23.8 Å². The molecule has 0 aliphatic rings. The van der Waals surface area contributed by atoms with Crippen LogP contribution < -0.4 is 10.5 Å². The summed E-state index contributed by atoms with van der Waals surface area (Å²) < 4.78 is 39.7. The van der Waals surface area contributed by atoms with Gasteiger partial charge in [0.2, 0.25) is 0 Å². The molecule has 0 aliphatic heterocycles. The number of hydrogen-bond donors (Lipinski definition) is 3. The van der Waals surface area contributed by atoms with Gasteiger partial charge < -0.3 is 20.7 Å². The molecule has 1 rings (SSSR count). The molecule has 0 aromatic heterocycles. The monoisotopic (exact) mass is 299 g/mol. The molecule has 1 aromatic rings. The molecular weight excluding hydrogens is 287 g/mol. The number of aliphatic hydroxyl groups excluding tert-OH is 2. The lowest BCUT2D eigenvalue weighted by Crippen LogP contribution is -2.20. The number of halogens is 4. The first-order valence-electron chi connectivity index (χ1n) is 5.32. The molecule has 0 amide bonds. The Labute approximate surface area is 112 Å². The topological polar surface area (TPSA) is 75.7 Å². The molecule has 2 atom stereocenters. The van der Waals surface area contributed by atoms with Gasteiger partial charge in [-0.3, -0.25) is 0 Å². The lowest BCUT2D eigenvalue weighted by Gasteiger charge is -2.19. The molecule has 8 heteroatoms. The summed E-state index contributed by atoms with van der Waals surface area (Å²) in [4.78, 5) is 0. The zero-order chi connectivity index (χ0) is 14.6. The maximum Gasteiger partial charge on any atom is 0.573 e. The summed E-state index contributed by atoms with van der Waals surface area (Å²) in [7, 11) is 0. The average Bonchev–Trinajstić information content (AvgIpc) is 2.26. The highest BCUT2D eigenvalue weighted by Gasteiger charge is 2.31. The summed E-state index contributed by atoms with van der Waals surface area (Å²) in [6.45, 7) is 0. The Balaban J connectivity index is 2.88. The van der Waals surface area contributed by atoms with Gasteiger partial charge in [-0.2, -0.15) is 0 Å². The number of alkyl halides is 4. The van der Waals surface area contributed by atoms with Gasteiger partial charge in [0, 0.05) is 23.2 Å². The SMILES string of the molecule is Nc1cc(OC(F)(F)F)ccc1C(O)C(O)CCCl. The second kappa shape index (κ2) is 6.31. The van der Waals surface area contributed by atoms with Crippen molar-refractivity contribution in [2.45, 2.75) is 25.0 Å². The molecule has 108 valence electrons. The maximum atomic E-state index is 12.0. The van der Waals surface area contributed by atoms with Gasteiger partial charge >= 0.3 is 6.36 Å². The molecule has 0 saturated heterocycles. The fraction of sp³-hybridized carbons (Fsp3) is 0.455. The van der Waals surface area contributed by atoms with Crippen LogP contribution >= 0.6 is 11.6 Å². The van der Waals surface area contributed by atoms with Gasteiger partial charge in [-0.25, -0.2) is 0 Å². The van der Waals surface area contributed by atoms with Crippen molar-refractivity contribution in [3.63, 3.8) is 0 Å². The van der Waals surface area contributed by atoms with Gasteiger partial charge in [0.1, 0.15) is 11.9 Å². The van der Waals surface area contributed by atoms with Gasteiger partial charge in [0.15, 0.2) is 0 Å². The number of hydrogen-bond acceptors (Lipinski definition) is 4. The first kappa shape index (κ1) is 15.9. The molecule has 19 heavy (non-hydrogen) atoms. The summed E-state index contributed by atoms with van der Waals surface area (Å²) in [6, 6.07) is 3.10. The third-order valence-corrected chi connectivity index (χ3v) is 2.60. The molecule has 1 aromatic carbocycles. The minimum Gasteiger partial charge on any atom is -0.406 e. The Morgan fingerprint density at radius 2 is 1.95 bits per heavy atom. The van der Waals surface area contributed by atoms with Crippen LogP contribution in [-0.2, 0) is 0 Å². The van der Waals surface area contributed by atoms with E-state index in [4.69, 9.17) is 17.3 Å². The zero-order valence-electron chi connectivity index (χ0n) is 9.69. The number of benzene rings is 1. The smallest absolute Gasteiger partial charge is 0.406 e. The molecule has 0 fully saturated rings. The Morgan fingerprint density at radius 3 is 2.42 bits per heavy atom. The van der Waals surface area contributed by atoms with Crippen molar-refractivity contribution in [2.24, 2.45) is 0 Å². The van der Waals surface area contributed by atoms with Crippen LogP contribution in [0.15, 0.2) is 18.2 Å². The van der Waals surface area contributed by atoms with E-state index in [1.54, 1.807) is 0 Å². The predicted octanol–water partition coefficient (Wildman–Crippen LogP) is 2.19. The highest BCUT2D eigenvalue weighted by molar-refractivity contribution is 6.17. The third-order valence-electron chi connectivity index (χ3n) is 2.38. The first-order valence-corrected chi connectivity index (χ1v) is 5.85. The number of nitrogen functional groups attached to an aromatic ring is 1. The average molecular weight is 300 g/mol. The second-order valence-corrected chi connectivity index (χ2v) is 4.21. The van der Waals surface area contributed by atoms with E-state index in [9.17, 15) is 23.4 Å². The molecule has 0 heterocycles. The summed E-state index contributed by atoms with van der Waals surface area (Å²) >= 11 is 5.42. The lowest BCUT2D eigenvalue weighted by molar-refractivity contribution is -0.274. The number of anilines is 1. The number of ether oxygens (including phenoxy) is 1. The van der Waals surface area contributed by atoms with E-state index in [1.807, 2.05) is 0 Å². The van der Waals surface area contributed by atoms with E-state index >= 15 is 0 Å². The van der Waals surface area contributed by atoms with Crippen molar-refractivity contribution >= 4 is 17.3 Å². The molecule has 0 aliphatic carbocycles. The quantitative estimate of drug-likeness (QED) is 0.575. The van der Waals surface area contributed by atoms with Crippen LogP contribution in [0.25, 0.3) is 0 Å². The maximum absolute atomic E-state index is 12.0. The molecule has 4 N–H and O–H groups in total. The Kier molecular flexibility index (Phi) is 5.28.